The molecule has 0 radical (unpaired) electrons. The van der Waals surface area contributed by atoms with Crippen LogP contribution in [0.4, 0.5) is 0 Å². The molecule has 2 aliphatic carbocycles. The molecule has 0 aromatic carbocycles. The molecule has 0 unspecified atom stereocenters. The first-order valence-electron chi connectivity index (χ1n) is 14.0. The Morgan fingerprint density at radius 3 is 2.54 bits per heavy atom. The molecule has 0 amide bonds. The van der Waals surface area contributed by atoms with Gasteiger partial charge in [0, 0.05) is 17.4 Å². The monoisotopic (exact) mass is 512 g/mol. The molecule has 1 aromatic rings. The Labute approximate surface area is 223 Å². The predicted octanol–water partition coefficient (Wildman–Crippen LogP) is 7.60. The normalized spacial score (nSPS) is 29.6. The first kappa shape index (κ1) is 29.3. The fourth-order valence-corrected chi connectivity index (χ4v) is 7.24. The van der Waals surface area contributed by atoms with Crippen molar-refractivity contribution in [3.63, 3.8) is 0 Å². The van der Waals surface area contributed by atoms with Gasteiger partial charge in [0.1, 0.15) is 17.6 Å². The van der Waals surface area contributed by atoms with Crippen molar-refractivity contribution in [2.24, 2.45) is 28.6 Å². The first-order valence-corrected chi connectivity index (χ1v) is 14.0. The molecule has 5 heteroatoms. The van der Waals surface area contributed by atoms with Crippen molar-refractivity contribution < 1.29 is 19.1 Å². The SMILES string of the molecule is C=C1CC[C@H]2[C@](C)(CCC=C(C)C)[C@@H](OC(=O)CC(C)C)CC[C@]2(C)[C@@H]1Cc1c(O)c(C)c(C)oc1=O. The number of allylic oxidation sites excluding steroid dienone is 3. The minimum absolute atomic E-state index is 0.0391. The van der Waals surface area contributed by atoms with Gasteiger partial charge in [-0.2, -0.15) is 0 Å². The Morgan fingerprint density at radius 2 is 1.92 bits per heavy atom. The Morgan fingerprint density at radius 1 is 1.24 bits per heavy atom. The average molecular weight is 513 g/mol. The van der Waals surface area contributed by atoms with Crippen LogP contribution in [-0.2, 0) is 16.0 Å². The van der Waals surface area contributed by atoms with Gasteiger partial charge in [-0.3, -0.25) is 4.79 Å². The van der Waals surface area contributed by atoms with Gasteiger partial charge in [-0.05, 0) is 95.8 Å². The van der Waals surface area contributed by atoms with Crippen molar-refractivity contribution >= 4 is 5.97 Å². The van der Waals surface area contributed by atoms with Gasteiger partial charge in [-0.15, -0.1) is 0 Å². The van der Waals surface area contributed by atoms with Crippen molar-refractivity contribution in [2.75, 3.05) is 0 Å². The van der Waals surface area contributed by atoms with Crippen LogP contribution < -0.4 is 5.63 Å². The number of carbonyl (C=O) groups is 1. The molecule has 37 heavy (non-hydrogen) atoms. The van der Waals surface area contributed by atoms with E-state index in [0.29, 0.717) is 35.6 Å². The van der Waals surface area contributed by atoms with E-state index in [0.717, 1.165) is 44.1 Å². The number of aromatic hydroxyl groups is 1. The Balaban J connectivity index is 2.00. The largest absolute Gasteiger partial charge is 0.507 e. The second-order valence-corrected chi connectivity index (χ2v) is 12.9. The number of esters is 1. The van der Waals surface area contributed by atoms with Crippen molar-refractivity contribution in [1.82, 2.24) is 0 Å². The van der Waals surface area contributed by atoms with Crippen LogP contribution in [0.3, 0.4) is 0 Å². The molecular formula is C32H48O5. The summed E-state index contributed by atoms with van der Waals surface area (Å²) in [6.45, 7) is 20.9. The van der Waals surface area contributed by atoms with Crippen LogP contribution in [0.2, 0.25) is 0 Å². The van der Waals surface area contributed by atoms with E-state index in [4.69, 9.17) is 9.15 Å². The number of hydrogen-bond acceptors (Lipinski definition) is 5. The van der Waals surface area contributed by atoms with E-state index in [9.17, 15) is 14.7 Å². The van der Waals surface area contributed by atoms with Gasteiger partial charge in [0.2, 0.25) is 0 Å². The highest BCUT2D eigenvalue weighted by Gasteiger charge is 2.58. The van der Waals surface area contributed by atoms with Gasteiger partial charge in [0.25, 0.3) is 0 Å². The van der Waals surface area contributed by atoms with Crippen LogP contribution in [0.5, 0.6) is 5.75 Å². The van der Waals surface area contributed by atoms with Gasteiger partial charge in [0.05, 0.1) is 5.56 Å². The summed E-state index contributed by atoms with van der Waals surface area (Å²) >= 11 is 0. The molecule has 0 bridgehead atoms. The number of fused-ring (bicyclic) bond motifs is 1. The molecule has 2 saturated carbocycles. The molecule has 1 heterocycles. The van der Waals surface area contributed by atoms with Crippen LogP contribution >= 0.6 is 0 Å². The fourth-order valence-electron chi connectivity index (χ4n) is 7.24. The van der Waals surface area contributed by atoms with E-state index in [1.54, 1.807) is 13.8 Å². The summed E-state index contributed by atoms with van der Waals surface area (Å²) in [6, 6.07) is 0. The van der Waals surface area contributed by atoms with Crippen LogP contribution in [0, 0.1) is 42.4 Å². The second kappa shape index (κ2) is 11.2. The van der Waals surface area contributed by atoms with E-state index in [1.807, 2.05) is 13.8 Å². The van der Waals surface area contributed by atoms with Gasteiger partial charge < -0.3 is 14.3 Å². The molecule has 1 aromatic heterocycles. The molecule has 2 aliphatic rings. The van der Waals surface area contributed by atoms with E-state index in [1.165, 1.54) is 5.57 Å². The third-order valence-corrected chi connectivity index (χ3v) is 9.47. The third-order valence-electron chi connectivity index (χ3n) is 9.47. The summed E-state index contributed by atoms with van der Waals surface area (Å²) in [5, 5.41) is 10.9. The quantitative estimate of drug-likeness (QED) is 0.287. The van der Waals surface area contributed by atoms with Gasteiger partial charge >= 0.3 is 11.6 Å². The highest BCUT2D eigenvalue weighted by molar-refractivity contribution is 5.69. The summed E-state index contributed by atoms with van der Waals surface area (Å²) in [5.41, 5.74) is 2.62. The fraction of sp³-hybridized carbons (Fsp3) is 0.688. The average Bonchev–Trinajstić information content (AvgIpc) is 2.78. The molecule has 1 N–H and O–H groups in total. The summed E-state index contributed by atoms with van der Waals surface area (Å²) in [7, 11) is 0. The Bertz CT molecular complexity index is 1100. The standard InChI is InChI=1S/C32H48O5/c1-19(2)11-10-15-32(9)26-13-12-21(5)25(18-24-29(34)22(6)23(7)36-30(24)35)31(26,8)16-14-27(32)37-28(33)17-20(3)4/h11,20,25-27,34H,5,10,12-18H2,1-4,6-9H3/t25-,26-,27+,31-,32+/m1/s1. The number of ether oxygens (including phenoxy) is 1. The number of hydrogen-bond donors (Lipinski definition) is 1. The van der Waals surface area contributed by atoms with E-state index in [-0.39, 0.29) is 40.5 Å². The lowest BCUT2D eigenvalue weighted by Crippen LogP contribution is -2.57. The van der Waals surface area contributed by atoms with E-state index in [2.05, 4.69) is 40.3 Å². The van der Waals surface area contributed by atoms with Gasteiger partial charge in [-0.25, -0.2) is 4.79 Å². The molecular weight excluding hydrogens is 464 g/mol. The molecule has 0 spiro atoms. The van der Waals surface area contributed by atoms with Crippen molar-refractivity contribution in [3.8, 4) is 5.75 Å². The second-order valence-electron chi connectivity index (χ2n) is 12.9. The molecule has 5 nitrogen and oxygen atoms in total. The van der Waals surface area contributed by atoms with E-state index < -0.39 is 5.63 Å². The smallest absolute Gasteiger partial charge is 0.342 e. The summed E-state index contributed by atoms with van der Waals surface area (Å²) < 4.78 is 11.7. The highest BCUT2D eigenvalue weighted by atomic mass is 16.5. The predicted molar refractivity (Wildman–Crippen MR) is 149 cm³/mol. The maximum absolute atomic E-state index is 12.8. The van der Waals surface area contributed by atoms with E-state index >= 15 is 0 Å². The zero-order chi connectivity index (χ0) is 27.7. The van der Waals surface area contributed by atoms with Crippen molar-refractivity contribution in [2.45, 2.75) is 113 Å². The minimum atomic E-state index is -0.457. The molecule has 3 rings (SSSR count). The molecule has 0 aliphatic heterocycles. The van der Waals surface area contributed by atoms with Crippen LogP contribution in [0.15, 0.2) is 33.0 Å². The first-order chi connectivity index (χ1) is 17.2. The van der Waals surface area contributed by atoms with Crippen molar-refractivity contribution in [3.05, 3.63) is 51.1 Å². The van der Waals surface area contributed by atoms with Gasteiger partial charge in [0.15, 0.2) is 0 Å². The maximum atomic E-state index is 12.8. The zero-order valence-electron chi connectivity index (χ0n) is 24.3. The Hall–Kier alpha value is -2.30. The number of aryl methyl sites for hydroxylation is 1. The van der Waals surface area contributed by atoms with Gasteiger partial charge in [-0.1, -0.05) is 51.5 Å². The number of carbonyl (C=O) groups excluding carboxylic acids is 1. The summed E-state index contributed by atoms with van der Waals surface area (Å²) in [5.74, 6) is 0.998. The molecule has 0 saturated heterocycles. The van der Waals surface area contributed by atoms with Crippen LogP contribution in [0.1, 0.15) is 103 Å². The molecule has 5 atom stereocenters. The lowest BCUT2D eigenvalue weighted by atomic mass is 9.45. The third kappa shape index (κ3) is 5.91. The minimum Gasteiger partial charge on any atom is -0.507 e. The van der Waals surface area contributed by atoms with Crippen LogP contribution in [0.25, 0.3) is 0 Å². The lowest BCUT2D eigenvalue weighted by Gasteiger charge is -2.61. The molecule has 206 valence electrons. The maximum Gasteiger partial charge on any atom is 0.342 e. The zero-order valence-corrected chi connectivity index (χ0v) is 24.3. The topological polar surface area (TPSA) is 76.7 Å². The molecule has 2 fully saturated rings. The van der Waals surface area contributed by atoms with Crippen LogP contribution in [-0.4, -0.2) is 17.2 Å². The highest BCUT2D eigenvalue weighted by Crippen LogP contribution is 2.63. The van der Waals surface area contributed by atoms with Crippen molar-refractivity contribution in [1.29, 1.82) is 0 Å². The Kier molecular flexibility index (Phi) is 8.86. The lowest BCUT2D eigenvalue weighted by molar-refractivity contribution is -0.181. The number of rotatable bonds is 8. The summed E-state index contributed by atoms with van der Waals surface area (Å²) in [6.07, 6.45) is 8.42. The summed E-state index contributed by atoms with van der Waals surface area (Å²) in [4.78, 5) is 25.6.